The zero-order valence-electron chi connectivity index (χ0n) is 18.6. The van der Waals surface area contributed by atoms with Crippen LogP contribution in [0.3, 0.4) is 0 Å². The number of nitriles is 1. The molecule has 6 rings (SSSR count). The van der Waals surface area contributed by atoms with E-state index in [1.807, 2.05) is 48.7 Å². The minimum Gasteiger partial charge on any atom is -0.356 e. The first-order chi connectivity index (χ1) is 16.7. The van der Waals surface area contributed by atoms with Crippen LogP contribution in [0.2, 0.25) is 0 Å². The van der Waals surface area contributed by atoms with Crippen molar-refractivity contribution in [2.45, 2.75) is 31.8 Å². The van der Waals surface area contributed by atoms with Gasteiger partial charge >= 0.3 is 0 Å². The summed E-state index contributed by atoms with van der Waals surface area (Å²) in [7, 11) is 0. The number of hydrogen-bond acceptors (Lipinski definition) is 8. The van der Waals surface area contributed by atoms with E-state index in [-0.39, 0.29) is 0 Å². The van der Waals surface area contributed by atoms with Gasteiger partial charge in [0, 0.05) is 24.7 Å². The Labute approximate surface area is 197 Å². The van der Waals surface area contributed by atoms with E-state index in [0.717, 1.165) is 48.7 Å². The zero-order valence-corrected chi connectivity index (χ0v) is 18.6. The first-order valence-corrected chi connectivity index (χ1v) is 11.5. The van der Waals surface area contributed by atoms with Crippen molar-refractivity contribution in [2.75, 3.05) is 23.3 Å². The lowest BCUT2D eigenvalue weighted by molar-refractivity contribution is 0.601. The van der Waals surface area contributed by atoms with Crippen molar-refractivity contribution in [1.82, 2.24) is 29.9 Å². The number of nitrogens with one attached hydrogen (secondary N) is 1. The molecule has 4 aromatic rings. The fourth-order valence-corrected chi connectivity index (χ4v) is 3.88. The van der Waals surface area contributed by atoms with E-state index in [1.165, 1.54) is 6.42 Å². The van der Waals surface area contributed by atoms with E-state index in [1.54, 1.807) is 10.7 Å². The molecular formula is C25H23N9. The van der Waals surface area contributed by atoms with Gasteiger partial charge in [-0.15, -0.1) is 5.10 Å². The lowest BCUT2D eigenvalue weighted by Crippen LogP contribution is -2.37. The monoisotopic (exact) mass is 449 g/mol. The summed E-state index contributed by atoms with van der Waals surface area (Å²) in [5, 5.41) is 21.4. The molecule has 0 unspecified atom stereocenters. The Bertz CT molecular complexity index is 1380. The van der Waals surface area contributed by atoms with Gasteiger partial charge in [0.1, 0.15) is 11.5 Å². The summed E-state index contributed by atoms with van der Waals surface area (Å²) in [5.41, 5.74) is 4.48. The number of hydrogen-bond donors (Lipinski definition) is 1. The Kier molecular flexibility index (Phi) is 5.11. The predicted molar refractivity (Wildman–Crippen MR) is 128 cm³/mol. The van der Waals surface area contributed by atoms with Crippen LogP contribution in [0.4, 0.5) is 11.8 Å². The van der Waals surface area contributed by atoms with Crippen LogP contribution in [0.25, 0.3) is 22.6 Å². The topological polar surface area (TPSA) is 108 Å². The van der Waals surface area contributed by atoms with Gasteiger partial charge < -0.3 is 10.2 Å². The number of benzene rings is 1. The van der Waals surface area contributed by atoms with Gasteiger partial charge in [-0.1, -0.05) is 23.4 Å². The Hall–Kier alpha value is -4.32. The molecular weight excluding hydrogens is 426 g/mol. The Morgan fingerprint density at radius 1 is 0.971 bits per heavy atom. The van der Waals surface area contributed by atoms with Gasteiger partial charge in [0.25, 0.3) is 0 Å². The molecule has 0 bridgehead atoms. The molecule has 0 amide bonds. The molecule has 168 valence electrons. The minimum absolute atomic E-state index is 0.411. The highest BCUT2D eigenvalue weighted by Gasteiger charge is 2.23. The van der Waals surface area contributed by atoms with Crippen LogP contribution in [-0.2, 0) is 6.54 Å². The highest BCUT2D eigenvalue weighted by molar-refractivity contribution is 5.68. The maximum absolute atomic E-state index is 9.29. The molecule has 2 fully saturated rings. The second kappa shape index (κ2) is 8.56. The average molecular weight is 450 g/mol. The van der Waals surface area contributed by atoms with Crippen molar-refractivity contribution in [1.29, 1.82) is 5.26 Å². The number of pyridine rings is 1. The SMILES string of the molecule is N#Cc1cccc(-c2cc(-c3cn(Cc4cccc(N5CCC5)n4)nn3)nc(NC3CC3)n2)c1. The molecule has 3 aromatic heterocycles. The molecule has 0 spiro atoms. The van der Waals surface area contributed by atoms with Gasteiger partial charge in [0.05, 0.1) is 41.5 Å². The first-order valence-electron chi connectivity index (χ1n) is 11.5. The molecule has 1 saturated carbocycles. The summed E-state index contributed by atoms with van der Waals surface area (Å²) in [6.45, 7) is 2.66. The van der Waals surface area contributed by atoms with E-state index >= 15 is 0 Å². The van der Waals surface area contributed by atoms with E-state index in [4.69, 9.17) is 15.0 Å². The van der Waals surface area contributed by atoms with Crippen molar-refractivity contribution in [3.05, 3.63) is 66.0 Å². The van der Waals surface area contributed by atoms with E-state index in [2.05, 4.69) is 26.6 Å². The van der Waals surface area contributed by atoms with Gasteiger partial charge in [-0.3, -0.25) is 0 Å². The molecule has 0 radical (unpaired) electrons. The standard InChI is InChI=1S/C25H23N9/c26-14-17-4-1-5-18(12-17)21-13-22(30-25(29-21)28-19-8-9-19)23-16-34(32-31-23)15-20-6-2-7-24(27-20)33-10-3-11-33/h1-2,4-7,12-13,16,19H,3,8-11,15H2,(H,28,29,30). The molecule has 1 aromatic carbocycles. The van der Waals surface area contributed by atoms with Crippen LogP contribution in [0.15, 0.2) is 54.7 Å². The number of aromatic nitrogens is 6. The van der Waals surface area contributed by atoms with Gasteiger partial charge in [-0.2, -0.15) is 5.26 Å². The molecule has 1 N–H and O–H groups in total. The van der Waals surface area contributed by atoms with E-state index < -0.39 is 0 Å². The highest BCUT2D eigenvalue weighted by atomic mass is 15.4. The molecule has 9 nitrogen and oxygen atoms in total. The second-order valence-corrected chi connectivity index (χ2v) is 8.70. The van der Waals surface area contributed by atoms with Crippen LogP contribution in [0.1, 0.15) is 30.5 Å². The summed E-state index contributed by atoms with van der Waals surface area (Å²) in [6.07, 6.45) is 5.34. The third-order valence-corrected chi connectivity index (χ3v) is 6.02. The van der Waals surface area contributed by atoms with Crippen molar-refractivity contribution in [3.8, 4) is 28.7 Å². The molecule has 9 heteroatoms. The maximum atomic E-state index is 9.29. The Morgan fingerprint density at radius 2 is 1.82 bits per heavy atom. The molecule has 1 aliphatic carbocycles. The molecule has 1 aliphatic heterocycles. The first kappa shape index (κ1) is 20.3. The molecule has 1 saturated heterocycles. The lowest BCUT2D eigenvalue weighted by atomic mass is 10.1. The molecule has 0 atom stereocenters. The van der Waals surface area contributed by atoms with Gasteiger partial charge in [-0.25, -0.2) is 19.6 Å². The predicted octanol–water partition coefficient (Wildman–Crippen LogP) is 3.50. The lowest BCUT2D eigenvalue weighted by Gasteiger charge is -2.32. The molecule has 4 heterocycles. The summed E-state index contributed by atoms with van der Waals surface area (Å²) >= 11 is 0. The highest BCUT2D eigenvalue weighted by Crippen LogP contribution is 2.28. The van der Waals surface area contributed by atoms with Crippen molar-refractivity contribution >= 4 is 11.8 Å². The number of anilines is 2. The maximum Gasteiger partial charge on any atom is 0.224 e. The fraction of sp³-hybridized carbons (Fsp3) is 0.280. The Balaban J connectivity index is 1.30. The van der Waals surface area contributed by atoms with Crippen LogP contribution < -0.4 is 10.2 Å². The van der Waals surface area contributed by atoms with Crippen molar-refractivity contribution < 1.29 is 0 Å². The Morgan fingerprint density at radius 3 is 2.62 bits per heavy atom. The summed E-state index contributed by atoms with van der Waals surface area (Å²) in [5.74, 6) is 1.58. The zero-order chi connectivity index (χ0) is 22.9. The number of rotatable bonds is 7. The van der Waals surface area contributed by atoms with Crippen molar-refractivity contribution in [2.24, 2.45) is 0 Å². The van der Waals surface area contributed by atoms with Gasteiger partial charge in [0.2, 0.25) is 5.95 Å². The van der Waals surface area contributed by atoms with Crippen LogP contribution in [0.5, 0.6) is 0 Å². The average Bonchev–Trinajstić information content (AvgIpc) is 3.52. The van der Waals surface area contributed by atoms with Crippen LogP contribution in [-0.4, -0.2) is 49.1 Å². The smallest absolute Gasteiger partial charge is 0.224 e. The molecule has 34 heavy (non-hydrogen) atoms. The van der Waals surface area contributed by atoms with E-state index in [0.29, 0.717) is 35.5 Å². The quantitative estimate of drug-likeness (QED) is 0.457. The largest absolute Gasteiger partial charge is 0.356 e. The normalized spacial score (nSPS) is 15.0. The van der Waals surface area contributed by atoms with Crippen molar-refractivity contribution in [3.63, 3.8) is 0 Å². The minimum atomic E-state index is 0.411. The summed E-state index contributed by atoms with van der Waals surface area (Å²) in [6, 6.07) is 18.0. The third-order valence-electron chi connectivity index (χ3n) is 6.02. The summed E-state index contributed by atoms with van der Waals surface area (Å²) < 4.78 is 1.78. The van der Waals surface area contributed by atoms with Gasteiger partial charge in [-0.05, 0) is 49.6 Å². The molecule has 2 aliphatic rings. The van der Waals surface area contributed by atoms with E-state index in [9.17, 15) is 5.26 Å². The second-order valence-electron chi connectivity index (χ2n) is 8.70. The fourth-order valence-electron chi connectivity index (χ4n) is 3.88. The third kappa shape index (κ3) is 4.30. The number of nitrogens with zero attached hydrogens (tertiary/aromatic N) is 8. The van der Waals surface area contributed by atoms with Crippen LogP contribution in [0, 0.1) is 11.3 Å². The van der Waals surface area contributed by atoms with Gasteiger partial charge in [0.15, 0.2) is 0 Å². The summed E-state index contributed by atoms with van der Waals surface area (Å²) in [4.78, 5) is 16.4. The van der Waals surface area contributed by atoms with Crippen LogP contribution >= 0.6 is 0 Å².